The molecule has 4 rings (SSSR count). The standard InChI is InChI=1S/C28H25ClN2O6/c1-3-36-25(33)18-9-13-20(14-10-18)30-27(35)28(22-7-5-6-8-23(22)29)17-24(32)31(28)21-15-11-19(12-16-21)26(34)37-4-2/h5-16H,3-4,17H2,1-2H3,(H,30,35). The first-order chi connectivity index (χ1) is 17.8. The topological polar surface area (TPSA) is 102 Å². The van der Waals surface area contributed by atoms with E-state index >= 15 is 0 Å². The number of ether oxygens (including phenoxy) is 2. The maximum Gasteiger partial charge on any atom is 0.338 e. The van der Waals surface area contributed by atoms with Gasteiger partial charge in [0.2, 0.25) is 5.91 Å². The molecule has 1 aliphatic rings. The molecule has 3 aromatic rings. The molecule has 0 radical (unpaired) electrons. The number of halogens is 1. The van der Waals surface area contributed by atoms with Crippen molar-refractivity contribution in [2.75, 3.05) is 23.4 Å². The third-order valence-corrected chi connectivity index (χ3v) is 6.35. The first-order valence-electron chi connectivity index (χ1n) is 11.8. The van der Waals surface area contributed by atoms with Crippen LogP contribution in [0.2, 0.25) is 5.02 Å². The quantitative estimate of drug-likeness (QED) is 0.332. The lowest BCUT2D eigenvalue weighted by atomic mass is 9.76. The number of nitrogens with zero attached hydrogens (tertiary/aromatic N) is 1. The lowest BCUT2D eigenvalue weighted by molar-refractivity contribution is -0.137. The molecule has 1 heterocycles. The molecule has 0 saturated carbocycles. The summed E-state index contributed by atoms with van der Waals surface area (Å²) in [6.45, 7) is 3.92. The summed E-state index contributed by atoms with van der Waals surface area (Å²) < 4.78 is 10.0. The smallest absolute Gasteiger partial charge is 0.338 e. The number of benzene rings is 3. The molecule has 0 spiro atoms. The summed E-state index contributed by atoms with van der Waals surface area (Å²) in [6, 6.07) is 19.4. The van der Waals surface area contributed by atoms with E-state index in [9.17, 15) is 19.2 Å². The molecule has 0 bridgehead atoms. The Morgan fingerprint density at radius 2 is 1.41 bits per heavy atom. The van der Waals surface area contributed by atoms with Crippen LogP contribution >= 0.6 is 11.6 Å². The third-order valence-electron chi connectivity index (χ3n) is 6.02. The first-order valence-corrected chi connectivity index (χ1v) is 12.1. The van der Waals surface area contributed by atoms with Crippen LogP contribution in [0.1, 0.15) is 46.5 Å². The molecule has 1 N–H and O–H groups in total. The molecule has 37 heavy (non-hydrogen) atoms. The van der Waals surface area contributed by atoms with Crippen LogP contribution in [0.25, 0.3) is 0 Å². The lowest BCUT2D eigenvalue weighted by Crippen LogP contribution is -2.67. The van der Waals surface area contributed by atoms with Crippen LogP contribution in [0.3, 0.4) is 0 Å². The zero-order valence-corrected chi connectivity index (χ0v) is 21.1. The van der Waals surface area contributed by atoms with E-state index in [1.54, 1.807) is 86.6 Å². The van der Waals surface area contributed by atoms with Gasteiger partial charge in [-0.1, -0.05) is 29.8 Å². The Balaban J connectivity index is 1.69. The van der Waals surface area contributed by atoms with E-state index in [1.165, 1.54) is 4.90 Å². The van der Waals surface area contributed by atoms with Crippen molar-refractivity contribution in [3.63, 3.8) is 0 Å². The van der Waals surface area contributed by atoms with Crippen molar-refractivity contribution in [1.29, 1.82) is 0 Å². The number of esters is 2. The van der Waals surface area contributed by atoms with Crippen LogP contribution in [0, 0.1) is 0 Å². The number of anilines is 2. The van der Waals surface area contributed by atoms with E-state index in [4.69, 9.17) is 21.1 Å². The molecule has 0 aliphatic carbocycles. The molecule has 3 aromatic carbocycles. The highest BCUT2D eigenvalue weighted by molar-refractivity contribution is 6.32. The van der Waals surface area contributed by atoms with Gasteiger partial charge < -0.3 is 14.8 Å². The number of nitrogens with one attached hydrogen (secondary N) is 1. The molecule has 9 heteroatoms. The Hall–Kier alpha value is -4.17. The molecular formula is C28H25ClN2O6. The number of hydrogen-bond acceptors (Lipinski definition) is 6. The first kappa shape index (κ1) is 25.9. The summed E-state index contributed by atoms with van der Waals surface area (Å²) in [4.78, 5) is 52.2. The summed E-state index contributed by atoms with van der Waals surface area (Å²) >= 11 is 6.53. The van der Waals surface area contributed by atoms with Gasteiger partial charge in [-0.25, -0.2) is 9.59 Å². The van der Waals surface area contributed by atoms with Gasteiger partial charge in [0, 0.05) is 22.0 Å². The van der Waals surface area contributed by atoms with E-state index in [0.717, 1.165) is 0 Å². The Morgan fingerprint density at radius 1 is 0.865 bits per heavy atom. The van der Waals surface area contributed by atoms with Crippen molar-refractivity contribution in [2.24, 2.45) is 0 Å². The van der Waals surface area contributed by atoms with E-state index in [0.29, 0.717) is 33.1 Å². The summed E-state index contributed by atoms with van der Waals surface area (Å²) in [6.07, 6.45) is -0.108. The minimum absolute atomic E-state index is 0.108. The van der Waals surface area contributed by atoms with Crippen molar-refractivity contribution in [3.8, 4) is 0 Å². The fourth-order valence-electron chi connectivity index (χ4n) is 4.28. The summed E-state index contributed by atoms with van der Waals surface area (Å²) in [5.74, 6) is -1.70. The number of carbonyl (C=O) groups excluding carboxylic acids is 4. The van der Waals surface area contributed by atoms with Gasteiger partial charge in [0.1, 0.15) is 0 Å². The molecule has 1 fully saturated rings. The molecule has 1 atom stereocenters. The zero-order chi connectivity index (χ0) is 26.6. The Bertz CT molecular complexity index is 1340. The van der Waals surface area contributed by atoms with Crippen molar-refractivity contribution in [2.45, 2.75) is 25.8 Å². The highest BCUT2D eigenvalue weighted by atomic mass is 35.5. The maximum absolute atomic E-state index is 13.9. The molecule has 2 amide bonds. The van der Waals surface area contributed by atoms with E-state index in [-0.39, 0.29) is 25.5 Å². The minimum atomic E-state index is -1.43. The average Bonchev–Trinajstić information content (AvgIpc) is 2.88. The van der Waals surface area contributed by atoms with Crippen LogP contribution < -0.4 is 10.2 Å². The SMILES string of the molecule is CCOC(=O)c1ccc(NC(=O)C2(c3ccccc3Cl)CC(=O)N2c2ccc(C(=O)OCC)cc2)cc1. The Kier molecular flexibility index (Phi) is 7.59. The largest absolute Gasteiger partial charge is 0.462 e. The number of hydrogen-bond donors (Lipinski definition) is 1. The molecule has 1 aliphatic heterocycles. The molecular weight excluding hydrogens is 496 g/mol. The normalized spacial score (nSPS) is 16.5. The second-order valence-corrected chi connectivity index (χ2v) is 8.67. The summed E-state index contributed by atoms with van der Waals surface area (Å²) in [5.41, 5.74) is 0.571. The predicted molar refractivity (Wildman–Crippen MR) is 139 cm³/mol. The van der Waals surface area contributed by atoms with Gasteiger partial charge in [-0.15, -0.1) is 0 Å². The lowest BCUT2D eigenvalue weighted by Gasteiger charge is -2.51. The Morgan fingerprint density at radius 3 is 1.92 bits per heavy atom. The van der Waals surface area contributed by atoms with Crippen molar-refractivity contribution in [3.05, 3.63) is 94.5 Å². The second kappa shape index (κ2) is 10.8. The third kappa shape index (κ3) is 4.93. The highest BCUT2D eigenvalue weighted by Gasteiger charge is 2.59. The predicted octanol–water partition coefficient (Wildman–Crippen LogP) is 4.96. The van der Waals surface area contributed by atoms with Gasteiger partial charge in [-0.2, -0.15) is 0 Å². The van der Waals surface area contributed by atoms with Gasteiger partial charge in [-0.05, 0) is 68.4 Å². The van der Waals surface area contributed by atoms with Gasteiger partial charge >= 0.3 is 11.9 Å². The molecule has 0 aromatic heterocycles. The summed E-state index contributed by atoms with van der Waals surface area (Å²) in [5, 5.41) is 3.19. The average molecular weight is 521 g/mol. The van der Waals surface area contributed by atoms with Crippen molar-refractivity contribution >= 4 is 46.7 Å². The zero-order valence-electron chi connectivity index (χ0n) is 20.3. The maximum atomic E-state index is 13.9. The van der Waals surface area contributed by atoms with Gasteiger partial charge in [0.05, 0.1) is 30.8 Å². The molecule has 190 valence electrons. The van der Waals surface area contributed by atoms with Crippen molar-refractivity contribution < 1.29 is 28.7 Å². The van der Waals surface area contributed by atoms with Crippen LogP contribution in [0.15, 0.2) is 72.8 Å². The monoisotopic (exact) mass is 520 g/mol. The van der Waals surface area contributed by atoms with Crippen LogP contribution in [-0.4, -0.2) is 37.0 Å². The fourth-order valence-corrected chi connectivity index (χ4v) is 4.57. The molecule has 8 nitrogen and oxygen atoms in total. The van der Waals surface area contributed by atoms with E-state index in [2.05, 4.69) is 5.32 Å². The number of amides is 2. The highest BCUT2D eigenvalue weighted by Crippen LogP contribution is 2.47. The number of β-lactam (4-membered cyclic amide) rings is 1. The summed E-state index contributed by atoms with van der Waals surface area (Å²) in [7, 11) is 0. The van der Waals surface area contributed by atoms with Crippen LogP contribution in [0.4, 0.5) is 11.4 Å². The second-order valence-electron chi connectivity index (χ2n) is 8.27. The van der Waals surface area contributed by atoms with E-state index < -0.39 is 23.4 Å². The van der Waals surface area contributed by atoms with Crippen LogP contribution in [-0.2, 0) is 24.6 Å². The van der Waals surface area contributed by atoms with E-state index in [1.807, 2.05) is 0 Å². The number of carbonyl (C=O) groups is 4. The van der Waals surface area contributed by atoms with Crippen LogP contribution in [0.5, 0.6) is 0 Å². The van der Waals surface area contributed by atoms with Gasteiger partial charge in [0.15, 0.2) is 5.54 Å². The minimum Gasteiger partial charge on any atom is -0.462 e. The fraction of sp³-hybridized carbons (Fsp3) is 0.214. The molecule has 1 saturated heterocycles. The Labute approximate surface area is 219 Å². The number of rotatable bonds is 8. The molecule has 1 unspecified atom stereocenters. The van der Waals surface area contributed by atoms with Crippen molar-refractivity contribution in [1.82, 2.24) is 0 Å². The van der Waals surface area contributed by atoms with Gasteiger partial charge in [0.25, 0.3) is 5.91 Å². The van der Waals surface area contributed by atoms with Gasteiger partial charge in [-0.3, -0.25) is 14.5 Å².